The first-order valence-corrected chi connectivity index (χ1v) is 6.66. The zero-order chi connectivity index (χ0) is 12.3. The van der Waals surface area contributed by atoms with Crippen LogP contribution in [0, 0.1) is 5.41 Å². The number of pyridine rings is 1. The molecule has 0 amide bonds. The Morgan fingerprint density at radius 1 is 1.35 bits per heavy atom. The van der Waals surface area contributed by atoms with Crippen molar-refractivity contribution < 1.29 is 4.74 Å². The van der Waals surface area contributed by atoms with Crippen LogP contribution in [0.3, 0.4) is 0 Å². The molecule has 0 spiro atoms. The Labute approximate surface area is 108 Å². The standard InChI is InChI=1S/C14H20ClNO/c1-14(2)8-6-12(7-9-14)17-10-11-4-3-5-13(15)16-11/h3-5,12H,6-10H2,1-2H3. The summed E-state index contributed by atoms with van der Waals surface area (Å²) < 4.78 is 5.90. The van der Waals surface area contributed by atoms with Crippen molar-refractivity contribution in [3.8, 4) is 0 Å². The Kier molecular flexibility index (Phi) is 4.05. The van der Waals surface area contributed by atoms with Gasteiger partial charge in [-0.05, 0) is 43.2 Å². The van der Waals surface area contributed by atoms with E-state index in [9.17, 15) is 0 Å². The van der Waals surface area contributed by atoms with Gasteiger partial charge in [-0.25, -0.2) is 4.98 Å². The lowest BCUT2D eigenvalue weighted by Gasteiger charge is -2.34. The van der Waals surface area contributed by atoms with E-state index in [-0.39, 0.29) is 0 Å². The molecule has 0 aliphatic heterocycles. The number of aromatic nitrogens is 1. The number of rotatable bonds is 3. The summed E-state index contributed by atoms with van der Waals surface area (Å²) in [7, 11) is 0. The molecule has 1 aromatic rings. The fourth-order valence-corrected chi connectivity index (χ4v) is 2.45. The van der Waals surface area contributed by atoms with Gasteiger partial charge < -0.3 is 4.74 Å². The van der Waals surface area contributed by atoms with Gasteiger partial charge in [-0.15, -0.1) is 0 Å². The minimum Gasteiger partial charge on any atom is -0.372 e. The average Bonchev–Trinajstić information content (AvgIpc) is 2.28. The molecule has 1 saturated carbocycles. The van der Waals surface area contributed by atoms with E-state index in [1.807, 2.05) is 12.1 Å². The molecule has 94 valence electrons. The van der Waals surface area contributed by atoms with Crippen molar-refractivity contribution in [2.45, 2.75) is 52.2 Å². The molecule has 0 saturated heterocycles. The molecule has 0 atom stereocenters. The number of halogens is 1. The Morgan fingerprint density at radius 3 is 2.71 bits per heavy atom. The van der Waals surface area contributed by atoms with Gasteiger partial charge in [0.2, 0.25) is 0 Å². The lowest BCUT2D eigenvalue weighted by Crippen LogP contribution is -2.26. The van der Waals surface area contributed by atoms with Crippen LogP contribution < -0.4 is 0 Å². The van der Waals surface area contributed by atoms with Crippen LogP contribution in [-0.4, -0.2) is 11.1 Å². The van der Waals surface area contributed by atoms with Crippen LogP contribution in [0.2, 0.25) is 5.15 Å². The second-order valence-corrected chi connectivity index (χ2v) is 6.01. The van der Waals surface area contributed by atoms with Crippen LogP contribution in [0.15, 0.2) is 18.2 Å². The van der Waals surface area contributed by atoms with Crippen molar-refractivity contribution >= 4 is 11.6 Å². The van der Waals surface area contributed by atoms with Crippen LogP contribution in [0.25, 0.3) is 0 Å². The molecule has 1 aliphatic rings. The molecule has 1 fully saturated rings. The Morgan fingerprint density at radius 2 is 2.06 bits per heavy atom. The summed E-state index contributed by atoms with van der Waals surface area (Å²) in [5.74, 6) is 0. The molecule has 3 heteroatoms. The molecule has 17 heavy (non-hydrogen) atoms. The van der Waals surface area contributed by atoms with E-state index in [0.29, 0.717) is 23.3 Å². The summed E-state index contributed by atoms with van der Waals surface area (Å²) >= 11 is 5.84. The number of hydrogen-bond donors (Lipinski definition) is 0. The van der Waals surface area contributed by atoms with Crippen LogP contribution in [0.1, 0.15) is 45.2 Å². The van der Waals surface area contributed by atoms with Crippen molar-refractivity contribution in [3.05, 3.63) is 29.0 Å². The van der Waals surface area contributed by atoms with E-state index in [2.05, 4.69) is 18.8 Å². The Hall–Kier alpha value is -0.600. The largest absolute Gasteiger partial charge is 0.372 e. The minimum atomic E-state index is 0.392. The minimum absolute atomic E-state index is 0.392. The molecule has 0 unspecified atom stereocenters. The SMILES string of the molecule is CC1(C)CCC(OCc2cccc(Cl)n2)CC1. The average molecular weight is 254 g/mol. The van der Waals surface area contributed by atoms with Crippen molar-refractivity contribution in [3.63, 3.8) is 0 Å². The summed E-state index contributed by atoms with van der Waals surface area (Å²) in [6.45, 7) is 5.25. The van der Waals surface area contributed by atoms with E-state index >= 15 is 0 Å². The highest BCUT2D eigenvalue weighted by molar-refractivity contribution is 6.29. The van der Waals surface area contributed by atoms with Crippen LogP contribution in [0.4, 0.5) is 0 Å². The van der Waals surface area contributed by atoms with Gasteiger partial charge in [0.25, 0.3) is 0 Å². The molecule has 0 N–H and O–H groups in total. The van der Waals surface area contributed by atoms with E-state index in [4.69, 9.17) is 16.3 Å². The molecule has 2 nitrogen and oxygen atoms in total. The topological polar surface area (TPSA) is 22.1 Å². The predicted molar refractivity (Wildman–Crippen MR) is 70.1 cm³/mol. The number of nitrogens with zero attached hydrogens (tertiary/aromatic N) is 1. The highest BCUT2D eigenvalue weighted by Crippen LogP contribution is 2.36. The van der Waals surface area contributed by atoms with E-state index < -0.39 is 0 Å². The normalized spacial score (nSPS) is 20.4. The first-order chi connectivity index (χ1) is 8.05. The van der Waals surface area contributed by atoms with Gasteiger partial charge in [-0.1, -0.05) is 31.5 Å². The summed E-state index contributed by atoms with van der Waals surface area (Å²) in [6.07, 6.45) is 5.21. The molecule has 0 bridgehead atoms. The van der Waals surface area contributed by atoms with Gasteiger partial charge in [0.1, 0.15) is 5.15 Å². The highest BCUT2D eigenvalue weighted by Gasteiger charge is 2.27. The van der Waals surface area contributed by atoms with E-state index in [0.717, 1.165) is 18.5 Å². The number of ether oxygens (including phenoxy) is 1. The van der Waals surface area contributed by atoms with Crippen molar-refractivity contribution in [1.82, 2.24) is 4.98 Å². The quantitative estimate of drug-likeness (QED) is 0.753. The first-order valence-electron chi connectivity index (χ1n) is 6.28. The second-order valence-electron chi connectivity index (χ2n) is 5.63. The molecule has 1 heterocycles. The third-order valence-corrected chi connectivity index (χ3v) is 3.74. The third kappa shape index (κ3) is 3.97. The number of hydrogen-bond acceptors (Lipinski definition) is 2. The van der Waals surface area contributed by atoms with Crippen LogP contribution in [0.5, 0.6) is 0 Å². The van der Waals surface area contributed by atoms with Gasteiger partial charge in [-0.2, -0.15) is 0 Å². The summed E-state index contributed by atoms with van der Waals surface area (Å²) in [4.78, 5) is 4.23. The zero-order valence-electron chi connectivity index (χ0n) is 10.6. The summed E-state index contributed by atoms with van der Waals surface area (Å²) in [5, 5.41) is 0.538. The lowest BCUT2D eigenvalue weighted by atomic mass is 9.76. The molecular formula is C14H20ClNO. The predicted octanol–water partition coefficient (Wildman–Crippen LogP) is 4.22. The van der Waals surface area contributed by atoms with Gasteiger partial charge in [0.15, 0.2) is 0 Å². The first kappa shape index (κ1) is 12.8. The third-order valence-electron chi connectivity index (χ3n) is 3.53. The van der Waals surface area contributed by atoms with Gasteiger partial charge in [0.05, 0.1) is 18.4 Å². The maximum Gasteiger partial charge on any atom is 0.129 e. The van der Waals surface area contributed by atoms with Crippen molar-refractivity contribution in [1.29, 1.82) is 0 Å². The zero-order valence-corrected chi connectivity index (χ0v) is 11.3. The van der Waals surface area contributed by atoms with E-state index in [1.165, 1.54) is 12.8 Å². The molecule has 1 aromatic heterocycles. The molecule has 1 aliphatic carbocycles. The van der Waals surface area contributed by atoms with Gasteiger partial charge in [-0.3, -0.25) is 0 Å². The highest BCUT2D eigenvalue weighted by atomic mass is 35.5. The molecular weight excluding hydrogens is 234 g/mol. The monoisotopic (exact) mass is 253 g/mol. The second kappa shape index (κ2) is 5.36. The summed E-state index contributed by atoms with van der Waals surface area (Å²) in [6, 6.07) is 5.66. The summed E-state index contributed by atoms with van der Waals surface area (Å²) in [5.41, 5.74) is 1.41. The van der Waals surface area contributed by atoms with Gasteiger partial charge >= 0.3 is 0 Å². The van der Waals surface area contributed by atoms with Crippen molar-refractivity contribution in [2.75, 3.05) is 0 Å². The molecule has 2 rings (SSSR count). The van der Waals surface area contributed by atoms with Crippen molar-refractivity contribution in [2.24, 2.45) is 5.41 Å². The fourth-order valence-electron chi connectivity index (χ4n) is 2.27. The fraction of sp³-hybridized carbons (Fsp3) is 0.643. The van der Waals surface area contributed by atoms with E-state index in [1.54, 1.807) is 6.07 Å². The molecule has 0 aromatic carbocycles. The smallest absolute Gasteiger partial charge is 0.129 e. The van der Waals surface area contributed by atoms with Crippen LogP contribution >= 0.6 is 11.6 Å². The van der Waals surface area contributed by atoms with Gasteiger partial charge in [0, 0.05) is 0 Å². The molecule has 0 radical (unpaired) electrons. The maximum absolute atomic E-state index is 5.90. The Bertz CT molecular complexity index is 368. The maximum atomic E-state index is 5.90. The van der Waals surface area contributed by atoms with Crippen LogP contribution in [-0.2, 0) is 11.3 Å². The lowest BCUT2D eigenvalue weighted by molar-refractivity contribution is -0.00687. The Balaban J connectivity index is 1.80.